The molecule has 2 atom stereocenters. The Labute approximate surface area is 183 Å². The van der Waals surface area contributed by atoms with Crippen LogP contribution in [0.3, 0.4) is 0 Å². The Balaban J connectivity index is 1.57. The van der Waals surface area contributed by atoms with Gasteiger partial charge in [0.1, 0.15) is 11.5 Å². The Morgan fingerprint density at radius 1 is 1.16 bits per heavy atom. The Bertz CT molecular complexity index is 1200. The molecule has 2 aliphatic heterocycles. The topological polar surface area (TPSA) is 77.2 Å². The van der Waals surface area contributed by atoms with Crippen LogP contribution in [0.2, 0.25) is 5.02 Å². The highest BCUT2D eigenvalue weighted by atomic mass is 35.5. The first kappa shape index (κ1) is 19.4. The summed E-state index contributed by atoms with van der Waals surface area (Å²) in [4.78, 5) is 10.6. The lowest BCUT2D eigenvalue weighted by molar-refractivity contribution is -0.384. The van der Waals surface area contributed by atoms with E-state index in [0.29, 0.717) is 11.4 Å². The fourth-order valence-corrected chi connectivity index (χ4v) is 4.20. The second kappa shape index (κ2) is 7.59. The highest BCUT2D eigenvalue weighted by Gasteiger charge is 2.41. The number of non-ortho nitro benzene ring substituents is 1. The molecule has 3 aromatic rings. The predicted molar refractivity (Wildman–Crippen MR) is 117 cm³/mol. The van der Waals surface area contributed by atoms with Crippen LogP contribution in [0.25, 0.3) is 0 Å². The first-order chi connectivity index (χ1) is 15.0. The van der Waals surface area contributed by atoms with E-state index in [2.05, 4.69) is 0 Å². The molecule has 0 amide bonds. The minimum atomic E-state index is -0.511. The molecule has 0 saturated carbocycles. The molecule has 5 rings (SSSR count). The third kappa shape index (κ3) is 3.47. The molecular formula is C23H18ClN3O4. The van der Waals surface area contributed by atoms with Crippen LogP contribution in [0.15, 0.2) is 71.8 Å². The molecule has 0 radical (unpaired) electrons. The van der Waals surface area contributed by atoms with Gasteiger partial charge < -0.3 is 9.47 Å². The van der Waals surface area contributed by atoms with E-state index in [-0.39, 0.29) is 11.7 Å². The number of methoxy groups -OCH3 is 1. The molecule has 0 spiro atoms. The maximum absolute atomic E-state index is 11.0. The molecule has 0 N–H and O–H groups in total. The van der Waals surface area contributed by atoms with Gasteiger partial charge in [-0.3, -0.25) is 10.1 Å². The van der Waals surface area contributed by atoms with Crippen molar-refractivity contribution in [2.24, 2.45) is 5.10 Å². The van der Waals surface area contributed by atoms with E-state index in [0.717, 1.165) is 33.9 Å². The number of hydrogen-bond donors (Lipinski definition) is 0. The maximum Gasteiger partial charge on any atom is 0.269 e. The molecule has 8 heteroatoms. The van der Waals surface area contributed by atoms with Gasteiger partial charge in [0.25, 0.3) is 5.69 Å². The number of hydrazone groups is 1. The second-order valence-electron chi connectivity index (χ2n) is 7.38. The van der Waals surface area contributed by atoms with Crippen molar-refractivity contribution < 1.29 is 14.4 Å². The van der Waals surface area contributed by atoms with Gasteiger partial charge in [-0.15, -0.1) is 0 Å². The van der Waals surface area contributed by atoms with E-state index in [1.165, 1.54) is 12.1 Å². The van der Waals surface area contributed by atoms with Crippen molar-refractivity contribution >= 4 is 23.0 Å². The molecule has 0 fully saturated rings. The standard InChI is InChI=1S/C23H18ClN3O4/c1-30-18-4-2-3-15(11-18)20-13-21-19-12-16(24)7-10-22(19)31-23(26(21)25-20)14-5-8-17(9-6-14)27(28)29/h2-12,21,23H,13H2,1H3/t21-,23-/m0/s1. The van der Waals surface area contributed by atoms with Crippen LogP contribution in [0.4, 0.5) is 5.69 Å². The fraction of sp³-hybridized carbons (Fsp3) is 0.174. The quantitative estimate of drug-likeness (QED) is 0.399. The van der Waals surface area contributed by atoms with E-state index < -0.39 is 11.2 Å². The highest BCUT2D eigenvalue weighted by Crippen LogP contribution is 2.48. The van der Waals surface area contributed by atoms with Crippen molar-refractivity contribution in [2.75, 3.05) is 7.11 Å². The molecule has 0 aromatic heterocycles. The SMILES string of the molecule is COc1cccc(C2=NN3[C@@H](C2)c2cc(Cl)ccc2O[C@H]3c2ccc([N+](=O)[O-])cc2)c1. The van der Waals surface area contributed by atoms with E-state index in [4.69, 9.17) is 26.2 Å². The van der Waals surface area contributed by atoms with Crippen LogP contribution in [0, 0.1) is 10.1 Å². The summed E-state index contributed by atoms with van der Waals surface area (Å²) in [6.07, 6.45) is 0.162. The largest absolute Gasteiger partial charge is 0.497 e. The minimum Gasteiger partial charge on any atom is -0.497 e. The van der Waals surface area contributed by atoms with Crippen molar-refractivity contribution in [1.82, 2.24) is 5.01 Å². The average Bonchev–Trinajstić information content (AvgIpc) is 3.25. The smallest absolute Gasteiger partial charge is 0.269 e. The maximum atomic E-state index is 11.0. The Morgan fingerprint density at radius 3 is 2.71 bits per heavy atom. The van der Waals surface area contributed by atoms with Crippen molar-refractivity contribution in [3.05, 3.63) is 98.6 Å². The van der Waals surface area contributed by atoms with E-state index in [1.54, 1.807) is 25.3 Å². The summed E-state index contributed by atoms with van der Waals surface area (Å²) in [6, 6.07) is 19.7. The first-order valence-corrected chi connectivity index (χ1v) is 10.1. The molecule has 0 bridgehead atoms. The predicted octanol–water partition coefficient (Wildman–Crippen LogP) is 5.50. The number of hydrogen-bond acceptors (Lipinski definition) is 6. The molecule has 7 nitrogen and oxygen atoms in total. The van der Waals surface area contributed by atoms with Crippen LogP contribution >= 0.6 is 11.6 Å². The number of rotatable bonds is 4. The molecule has 2 aliphatic rings. The summed E-state index contributed by atoms with van der Waals surface area (Å²) in [6.45, 7) is 0. The monoisotopic (exact) mass is 435 g/mol. The average molecular weight is 436 g/mol. The number of ether oxygens (including phenoxy) is 2. The number of nitro benzene ring substituents is 1. The van der Waals surface area contributed by atoms with Gasteiger partial charge in [-0.2, -0.15) is 5.10 Å². The van der Waals surface area contributed by atoms with Gasteiger partial charge in [0.2, 0.25) is 6.23 Å². The second-order valence-corrected chi connectivity index (χ2v) is 7.82. The van der Waals surface area contributed by atoms with Crippen LogP contribution in [0.1, 0.15) is 35.4 Å². The van der Waals surface area contributed by atoms with Gasteiger partial charge >= 0.3 is 0 Å². The summed E-state index contributed by atoms with van der Waals surface area (Å²) < 4.78 is 11.6. The fourth-order valence-electron chi connectivity index (χ4n) is 4.02. The van der Waals surface area contributed by atoms with Gasteiger partial charge in [0.05, 0.1) is 23.8 Å². The lowest BCUT2D eigenvalue weighted by Crippen LogP contribution is -2.33. The van der Waals surface area contributed by atoms with E-state index in [1.807, 2.05) is 41.4 Å². The number of benzene rings is 3. The summed E-state index contributed by atoms with van der Waals surface area (Å²) >= 11 is 6.27. The zero-order valence-electron chi connectivity index (χ0n) is 16.6. The zero-order valence-corrected chi connectivity index (χ0v) is 17.3. The lowest BCUT2D eigenvalue weighted by atomic mass is 9.96. The van der Waals surface area contributed by atoms with E-state index in [9.17, 15) is 10.1 Å². The molecule has 0 saturated heterocycles. The number of fused-ring (bicyclic) bond motifs is 3. The third-order valence-electron chi connectivity index (χ3n) is 5.54. The molecule has 31 heavy (non-hydrogen) atoms. The Kier molecular flexibility index (Phi) is 4.75. The van der Waals surface area contributed by atoms with Gasteiger partial charge in [-0.05, 0) is 42.5 Å². The van der Waals surface area contributed by atoms with Gasteiger partial charge in [-0.25, -0.2) is 5.01 Å². The van der Waals surface area contributed by atoms with Crippen molar-refractivity contribution in [3.63, 3.8) is 0 Å². The number of nitrogens with zero attached hydrogens (tertiary/aromatic N) is 3. The zero-order chi connectivity index (χ0) is 21.5. The highest BCUT2D eigenvalue weighted by molar-refractivity contribution is 6.30. The summed E-state index contributed by atoms with van der Waals surface area (Å²) in [5, 5.41) is 18.5. The molecule has 2 heterocycles. The molecular weight excluding hydrogens is 418 g/mol. The van der Waals surface area contributed by atoms with Gasteiger partial charge in [0, 0.05) is 40.3 Å². The Hall–Kier alpha value is -3.58. The third-order valence-corrected chi connectivity index (χ3v) is 5.78. The molecule has 3 aromatic carbocycles. The number of halogens is 1. The molecule has 0 unspecified atom stereocenters. The van der Waals surface area contributed by atoms with Crippen molar-refractivity contribution in [2.45, 2.75) is 18.7 Å². The normalized spacial score (nSPS) is 19.2. The van der Waals surface area contributed by atoms with E-state index >= 15 is 0 Å². The lowest BCUT2D eigenvalue weighted by Gasteiger charge is -2.38. The van der Waals surface area contributed by atoms with Gasteiger partial charge in [0.15, 0.2) is 0 Å². The summed E-state index contributed by atoms with van der Waals surface area (Å²) in [5.41, 5.74) is 3.66. The van der Waals surface area contributed by atoms with Crippen LogP contribution in [-0.2, 0) is 0 Å². The van der Waals surface area contributed by atoms with Gasteiger partial charge in [-0.1, -0.05) is 23.7 Å². The summed E-state index contributed by atoms with van der Waals surface area (Å²) in [5.74, 6) is 1.49. The molecule has 0 aliphatic carbocycles. The van der Waals surface area contributed by atoms with Crippen LogP contribution in [-0.4, -0.2) is 22.8 Å². The van der Waals surface area contributed by atoms with Crippen LogP contribution < -0.4 is 9.47 Å². The van der Waals surface area contributed by atoms with Crippen molar-refractivity contribution in [1.29, 1.82) is 0 Å². The van der Waals surface area contributed by atoms with Crippen molar-refractivity contribution in [3.8, 4) is 11.5 Å². The minimum absolute atomic E-state index is 0.0327. The first-order valence-electron chi connectivity index (χ1n) is 9.74. The molecule has 156 valence electrons. The summed E-state index contributed by atoms with van der Waals surface area (Å²) in [7, 11) is 1.63. The number of nitro groups is 1. The van der Waals surface area contributed by atoms with Crippen LogP contribution in [0.5, 0.6) is 11.5 Å². The Morgan fingerprint density at radius 2 is 1.97 bits per heavy atom.